The van der Waals surface area contributed by atoms with Crippen molar-refractivity contribution < 1.29 is 0 Å². The Balaban J connectivity index is 1.74. The van der Waals surface area contributed by atoms with E-state index in [1.165, 1.54) is 5.56 Å². The minimum atomic E-state index is 0.349. The fourth-order valence-corrected chi connectivity index (χ4v) is 4.13. The highest BCUT2D eigenvalue weighted by atomic mass is 35.5. The minimum absolute atomic E-state index is 0.349. The highest BCUT2D eigenvalue weighted by molar-refractivity contribution is 6.30. The summed E-state index contributed by atoms with van der Waals surface area (Å²) in [5.74, 6) is 6.86. The molecule has 144 valence electrons. The van der Waals surface area contributed by atoms with E-state index in [-0.39, 0.29) is 0 Å². The molecule has 5 heteroatoms. The van der Waals surface area contributed by atoms with Crippen molar-refractivity contribution >= 4 is 34.7 Å². The van der Waals surface area contributed by atoms with Crippen molar-refractivity contribution in [1.82, 2.24) is 15.4 Å². The number of hydrogen-bond donors (Lipinski definition) is 2. The number of hydrogen-bond acceptors (Lipinski definition) is 4. The summed E-state index contributed by atoms with van der Waals surface area (Å²) in [6.45, 7) is 2.11. The first-order chi connectivity index (χ1) is 13.6. The predicted molar refractivity (Wildman–Crippen MR) is 117 cm³/mol. The number of halogens is 1. The lowest BCUT2D eigenvalue weighted by Crippen LogP contribution is -2.38. The number of aromatic nitrogens is 2. The molecule has 3 N–H and O–H groups in total. The van der Waals surface area contributed by atoms with Gasteiger partial charge in [0.15, 0.2) is 5.82 Å². The molecule has 0 amide bonds. The molecule has 0 bridgehead atoms. The van der Waals surface area contributed by atoms with Gasteiger partial charge >= 0.3 is 0 Å². The van der Waals surface area contributed by atoms with Gasteiger partial charge in [0.1, 0.15) is 0 Å². The van der Waals surface area contributed by atoms with Gasteiger partial charge in [0.25, 0.3) is 0 Å². The number of hydrazine groups is 1. The van der Waals surface area contributed by atoms with Crippen LogP contribution in [0.2, 0.25) is 5.02 Å². The molecule has 0 spiro atoms. The van der Waals surface area contributed by atoms with Crippen molar-refractivity contribution in [3.63, 3.8) is 0 Å². The Morgan fingerprint density at radius 2 is 1.89 bits per heavy atom. The van der Waals surface area contributed by atoms with Crippen molar-refractivity contribution in [3.05, 3.63) is 70.1 Å². The Morgan fingerprint density at radius 1 is 1.07 bits per heavy atom. The van der Waals surface area contributed by atoms with E-state index in [0.29, 0.717) is 12.0 Å². The zero-order valence-corrected chi connectivity index (χ0v) is 16.8. The van der Waals surface area contributed by atoms with E-state index in [0.717, 1.165) is 58.7 Å². The molecule has 1 saturated carbocycles. The average Bonchev–Trinajstić information content (AvgIpc) is 2.73. The first-order valence-corrected chi connectivity index (χ1v) is 10.2. The van der Waals surface area contributed by atoms with Gasteiger partial charge in [-0.2, -0.15) is 0 Å². The highest BCUT2D eigenvalue weighted by Crippen LogP contribution is 2.35. The molecule has 0 aliphatic heterocycles. The average molecular weight is 393 g/mol. The lowest BCUT2D eigenvalue weighted by Gasteiger charge is -2.29. The SMILES string of the molecule is Cc1ccc2nc(C=Cc3ccc(Cl)cc3)nc([C@H]3CCC[C@H](NN)C3)c2c1. The van der Waals surface area contributed by atoms with Gasteiger partial charge in [-0.25, -0.2) is 9.97 Å². The predicted octanol–water partition coefficient (Wildman–Crippen LogP) is 5.25. The molecular weight excluding hydrogens is 368 g/mol. The second kappa shape index (κ2) is 8.39. The first-order valence-electron chi connectivity index (χ1n) is 9.80. The molecule has 0 saturated heterocycles. The molecule has 1 aliphatic rings. The van der Waals surface area contributed by atoms with Crippen LogP contribution in [0.1, 0.15) is 54.2 Å². The van der Waals surface area contributed by atoms with Gasteiger partial charge < -0.3 is 0 Å². The van der Waals surface area contributed by atoms with E-state index in [1.807, 2.05) is 36.4 Å². The largest absolute Gasteiger partial charge is 0.271 e. The van der Waals surface area contributed by atoms with E-state index < -0.39 is 0 Å². The van der Waals surface area contributed by atoms with E-state index in [2.05, 4.69) is 30.5 Å². The van der Waals surface area contributed by atoms with Crippen LogP contribution in [-0.2, 0) is 0 Å². The number of nitrogens with two attached hydrogens (primary N) is 1. The van der Waals surface area contributed by atoms with E-state index in [9.17, 15) is 0 Å². The van der Waals surface area contributed by atoms with Gasteiger partial charge in [-0.1, -0.05) is 47.9 Å². The van der Waals surface area contributed by atoms with E-state index in [1.54, 1.807) is 0 Å². The molecule has 4 nitrogen and oxygen atoms in total. The molecular formula is C23H25ClN4. The van der Waals surface area contributed by atoms with Crippen LogP contribution in [0.25, 0.3) is 23.1 Å². The Morgan fingerprint density at radius 3 is 2.68 bits per heavy atom. The van der Waals surface area contributed by atoms with E-state index >= 15 is 0 Å². The van der Waals surface area contributed by atoms with Gasteiger partial charge in [-0.15, -0.1) is 0 Å². The molecule has 1 aliphatic carbocycles. The summed E-state index contributed by atoms with van der Waals surface area (Å²) in [6.07, 6.45) is 8.44. The van der Waals surface area contributed by atoms with Crippen LogP contribution < -0.4 is 11.3 Å². The number of nitrogens with zero attached hydrogens (tertiary/aromatic N) is 2. The van der Waals surface area contributed by atoms with Crippen molar-refractivity contribution in [2.24, 2.45) is 5.84 Å². The van der Waals surface area contributed by atoms with Crippen molar-refractivity contribution in [2.45, 2.75) is 44.6 Å². The maximum Gasteiger partial charge on any atom is 0.152 e. The molecule has 3 aromatic rings. The van der Waals surface area contributed by atoms with Crippen LogP contribution in [0.5, 0.6) is 0 Å². The third kappa shape index (κ3) is 4.25. The van der Waals surface area contributed by atoms with Gasteiger partial charge in [-0.05, 0) is 62.1 Å². The maximum absolute atomic E-state index is 5.97. The summed E-state index contributed by atoms with van der Waals surface area (Å²) in [5, 5.41) is 1.89. The summed E-state index contributed by atoms with van der Waals surface area (Å²) in [4.78, 5) is 9.75. The van der Waals surface area contributed by atoms with Crippen LogP contribution in [0.15, 0.2) is 42.5 Å². The Bertz CT molecular complexity index is 997. The fraction of sp³-hybridized carbons (Fsp3) is 0.304. The minimum Gasteiger partial charge on any atom is -0.271 e. The number of aryl methyl sites for hydroxylation is 1. The topological polar surface area (TPSA) is 63.8 Å². The third-order valence-electron chi connectivity index (χ3n) is 5.49. The standard InChI is InChI=1S/C23H25ClN4/c1-15-5-11-21-20(13-15)23(17-3-2-4-19(14-17)28-25)27-22(26-21)12-8-16-6-9-18(24)10-7-16/h5-13,17,19,28H,2-4,14,25H2,1H3/t17-,19-/m0/s1. The maximum atomic E-state index is 5.97. The zero-order chi connectivity index (χ0) is 19.5. The van der Waals surface area contributed by atoms with Crippen molar-refractivity contribution in [3.8, 4) is 0 Å². The molecule has 2 atom stereocenters. The lowest BCUT2D eigenvalue weighted by molar-refractivity contribution is 0.341. The van der Waals surface area contributed by atoms with Crippen molar-refractivity contribution in [2.75, 3.05) is 0 Å². The molecule has 1 aromatic heterocycles. The smallest absolute Gasteiger partial charge is 0.152 e. The summed E-state index contributed by atoms with van der Waals surface area (Å²) in [7, 11) is 0. The molecule has 0 radical (unpaired) electrons. The number of nitrogens with one attached hydrogen (secondary N) is 1. The summed E-state index contributed by atoms with van der Waals surface area (Å²) in [5.41, 5.74) is 7.40. The Kier molecular flexibility index (Phi) is 5.72. The second-order valence-corrected chi connectivity index (χ2v) is 8.04. The van der Waals surface area contributed by atoms with Gasteiger partial charge in [0.2, 0.25) is 0 Å². The fourth-order valence-electron chi connectivity index (χ4n) is 4.00. The summed E-state index contributed by atoms with van der Waals surface area (Å²) < 4.78 is 0. The van der Waals surface area contributed by atoms with Crippen LogP contribution in [0.4, 0.5) is 0 Å². The number of fused-ring (bicyclic) bond motifs is 1. The molecule has 1 heterocycles. The van der Waals surface area contributed by atoms with Gasteiger partial charge in [-0.3, -0.25) is 11.3 Å². The summed E-state index contributed by atoms with van der Waals surface area (Å²) in [6, 6.07) is 14.5. The Labute approximate surface area is 170 Å². The second-order valence-electron chi connectivity index (χ2n) is 7.60. The van der Waals surface area contributed by atoms with Gasteiger partial charge in [0, 0.05) is 22.4 Å². The molecule has 0 unspecified atom stereocenters. The van der Waals surface area contributed by atoms with Crippen LogP contribution >= 0.6 is 11.6 Å². The first kappa shape index (κ1) is 19.1. The highest BCUT2D eigenvalue weighted by Gasteiger charge is 2.25. The molecule has 1 fully saturated rings. The van der Waals surface area contributed by atoms with Crippen molar-refractivity contribution in [1.29, 1.82) is 0 Å². The van der Waals surface area contributed by atoms with E-state index in [4.69, 9.17) is 27.4 Å². The lowest BCUT2D eigenvalue weighted by atomic mass is 9.82. The van der Waals surface area contributed by atoms with Crippen LogP contribution in [0, 0.1) is 6.92 Å². The third-order valence-corrected chi connectivity index (χ3v) is 5.74. The Hall–Kier alpha value is -2.27. The molecule has 4 rings (SSSR count). The molecule has 2 aromatic carbocycles. The van der Waals surface area contributed by atoms with Crippen LogP contribution in [0.3, 0.4) is 0 Å². The quantitative estimate of drug-likeness (QED) is 0.470. The number of rotatable bonds is 4. The normalized spacial score (nSPS) is 20.1. The number of benzene rings is 2. The molecule has 28 heavy (non-hydrogen) atoms. The van der Waals surface area contributed by atoms with Gasteiger partial charge in [0.05, 0.1) is 11.2 Å². The van der Waals surface area contributed by atoms with Crippen LogP contribution in [-0.4, -0.2) is 16.0 Å². The zero-order valence-electron chi connectivity index (χ0n) is 16.0. The monoisotopic (exact) mass is 392 g/mol. The summed E-state index contributed by atoms with van der Waals surface area (Å²) >= 11 is 5.97.